The Balaban J connectivity index is 2.73. The van der Waals surface area contributed by atoms with Crippen molar-refractivity contribution in [1.29, 1.82) is 0 Å². The number of ketones is 1. The van der Waals surface area contributed by atoms with Gasteiger partial charge in [0.25, 0.3) is 0 Å². The van der Waals surface area contributed by atoms with Crippen LogP contribution >= 0.6 is 15.9 Å². The van der Waals surface area contributed by atoms with E-state index in [1.807, 2.05) is 6.92 Å². The SMILES string of the molecule is CCn1ncc(Br)c1C(=O)CCC(CCN)C(C)(C)C. The van der Waals surface area contributed by atoms with Gasteiger partial charge in [-0.1, -0.05) is 20.8 Å². The summed E-state index contributed by atoms with van der Waals surface area (Å²) < 4.78 is 2.54. The molecule has 0 aliphatic carbocycles. The molecule has 0 amide bonds. The van der Waals surface area contributed by atoms with E-state index in [9.17, 15) is 4.79 Å². The lowest BCUT2D eigenvalue weighted by atomic mass is 9.76. The normalized spacial score (nSPS) is 13.5. The molecule has 1 atom stereocenters. The number of aryl methyl sites for hydroxylation is 1. The topological polar surface area (TPSA) is 60.9 Å². The van der Waals surface area contributed by atoms with Crippen LogP contribution in [0.1, 0.15) is 57.4 Å². The molecule has 2 N–H and O–H groups in total. The molecule has 0 spiro atoms. The second-order valence-electron chi connectivity index (χ2n) is 6.26. The van der Waals surface area contributed by atoms with Gasteiger partial charge >= 0.3 is 0 Å². The molecule has 1 unspecified atom stereocenters. The standard InChI is InChI=1S/C15H26BrN3O/c1-5-19-14(12(16)10-18-19)13(20)7-6-11(8-9-17)15(2,3)4/h10-11H,5-9,17H2,1-4H3. The molecule has 0 saturated heterocycles. The van der Waals surface area contributed by atoms with Gasteiger partial charge in [-0.15, -0.1) is 0 Å². The zero-order valence-electron chi connectivity index (χ0n) is 12.9. The monoisotopic (exact) mass is 343 g/mol. The number of hydrogen-bond acceptors (Lipinski definition) is 3. The lowest BCUT2D eigenvalue weighted by Gasteiger charge is -2.30. The van der Waals surface area contributed by atoms with Crippen molar-refractivity contribution in [3.05, 3.63) is 16.4 Å². The van der Waals surface area contributed by atoms with E-state index in [1.165, 1.54) is 0 Å². The number of rotatable bonds is 7. The van der Waals surface area contributed by atoms with Crippen molar-refractivity contribution in [3.8, 4) is 0 Å². The van der Waals surface area contributed by atoms with Crippen LogP contribution in [0.4, 0.5) is 0 Å². The molecule has 0 aromatic carbocycles. The molecule has 114 valence electrons. The fraction of sp³-hybridized carbons (Fsp3) is 0.733. The van der Waals surface area contributed by atoms with E-state index < -0.39 is 0 Å². The highest BCUT2D eigenvalue weighted by molar-refractivity contribution is 9.10. The first-order chi connectivity index (χ1) is 9.31. The van der Waals surface area contributed by atoms with Gasteiger partial charge in [0.2, 0.25) is 0 Å². The molecule has 1 rings (SSSR count). The molecule has 20 heavy (non-hydrogen) atoms. The minimum atomic E-state index is 0.155. The summed E-state index contributed by atoms with van der Waals surface area (Å²) in [5, 5.41) is 4.20. The summed E-state index contributed by atoms with van der Waals surface area (Å²) in [6, 6.07) is 0. The second kappa shape index (κ2) is 7.36. The fourth-order valence-electron chi connectivity index (χ4n) is 2.51. The number of aromatic nitrogens is 2. The van der Waals surface area contributed by atoms with Crippen molar-refractivity contribution in [1.82, 2.24) is 9.78 Å². The van der Waals surface area contributed by atoms with Crippen LogP contribution in [0.3, 0.4) is 0 Å². The van der Waals surface area contributed by atoms with Crippen LogP contribution < -0.4 is 5.73 Å². The summed E-state index contributed by atoms with van der Waals surface area (Å²) in [5.74, 6) is 0.621. The first-order valence-corrected chi connectivity index (χ1v) is 8.05. The minimum absolute atomic E-state index is 0.155. The van der Waals surface area contributed by atoms with Gasteiger partial charge in [-0.3, -0.25) is 9.48 Å². The summed E-state index contributed by atoms with van der Waals surface area (Å²) in [5.41, 5.74) is 6.56. The van der Waals surface area contributed by atoms with E-state index in [0.717, 1.165) is 17.3 Å². The second-order valence-corrected chi connectivity index (χ2v) is 7.11. The third-order valence-electron chi connectivity index (χ3n) is 3.82. The summed E-state index contributed by atoms with van der Waals surface area (Å²) in [7, 11) is 0. The Bertz CT molecular complexity index is 448. The molecule has 1 aromatic heterocycles. The Labute approximate surface area is 130 Å². The van der Waals surface area contributed by atoms with Crippen LogP contribution in [-0.2, 0) is 6.54 Å². The van der Waals surface area contributed by atoms with Gasteiger partial charge in [0, 0.05) is 13.0 Å². The maximum Gasteiger partial charge on any atom is 0.182 e. The highest BCUT2D eigenvalue weighted by Crippen LogP contribution is 2.32. The van der Waals surface area contributed by atoms with E-state index in [-0.39, 0.29) is 11.2 Å². The Morgan fingerprint density at radius 2 is 2.10 bits per heavy atom. The van der Waals surface area contributed by atoms with E-state index in [1.54, 1.807) is 10.9 Å². The molecule has 0 aliphatic rings. The third-order valence-corrected chi connectivity index (χ3v) is 4.40. The predicted octanol–water partition coefficient (Wildman–Crippen LogP) is 3.64. The highest BCUT2D eigenvalue weighted by atomic mass is 79.9. The molecule has 0 radical (unpaired) electrons. The van der Waals surface area contributed by atoms with Crippen LogP contribution in [0.15, 0.2) is 10.7 Å². The van der Waals surface area contributed by atoms with Gasteiger partial charge in [-0.25, -0.2) is 0 Å². The van der Waals surface area contributed by atoms with E-state index >= 15 is 0 Å². The first kappa shape index (κ1) is 17.4. The first-order valence-electron chi connectivity index (χ1n) is 7.25. The lowest BCUT2D eigenvalue weighted by molar-refractivity contribution is 0.0946. The molecule has 1 aromatic rings. The summed E-state index contributed by atoms with van der Waals surface area (Å²) in [4.78, 5) is 12.4. The largest absolute Gasteiger partial charge is 0.330 e. The van der Waals surface area contributed by atoms with Crippen molar-refractivity contribution in [3.63, 3.8) is 0 Å². The molecule has 1 heterocycles. The van der Waals surface area contributed by atoms with E-state index in [2.05, 4.69) is 41.8 Å². The van der Waals surface area contributed by atoms with Crippen LogP contribution in [0, 0.1) is 11.3 Å². The van der Waals surface area contributed by atoms with Gasteiger partial charge in [-0.2, -0.15) is 5.10 Å². The fourth-order valence-corrected chi connectivity index (χ4v) is 3.03. The third kappa shape index (κ3) is 4.42. The number of Topliss-reactive ketones (excluding diaryl/α,β-unsaturated/α-hetero) is 1. The average molecular weight is 344 g/mol. The zero-order valence-corrected chi connectivity index (χ0v) is 14.5. The summed E-state index contributed by atoms with van der Waals surface area (Å²) in [6.45, 7) is 10.0. The Morgan fingerprint density at radius 3 is 2.60 bits per heavy atom. The molecule has 0 bridgehead atoms. The van der Waals surface area contributed by atoms with Gasteiger partial charge in [-0.05, 0) is 53.6 Å². The maximum atomic E-state index is 12.4. The number of hydrogen-bond donors (Lipinski definition) is 1. The number of halogens is 1. The maximum absolute atomic E-state index is 12.4. The van der Waals surface area contributed by atoms with Crippen molar-refractivity contribution in [2.45, 2.75) is 53.5 Å². The van der Waals surface area contributed by atoms with Crippen LogP contribution in [-0.4, -0.2) is 22.1 Å². The van der Waals surface area contributed by atoms with Gasteiger partial charge in [0.15, 0.2) is 5.78 Å². The van der Waals surface area contributed by atoms with Crippen molar-refractivity contribution < 1.29 is 4.79 Å². The summed E-state index contributed by atoms with van der Waals surface area (Å²) in [6.07, 6.45) is 4.08. The van der Waals surface area contributed by atoms with Gasteiger partial charge < -0.3 is 5.73 Å². The van der Waals surface area contributed by atoms with Crippen molar-refractivity contribution in [2.24, 2.45) is 17.1 Å². The van der Waals surface area contributed by atoms with Crippen LogP contribution in [0.25, 0.3) is 0 Å². The Hall–Kier alpha value is -0.680. The van der Waals surface area contributed by atoms with E-state index in [0.29, 0.717) is 31.1 Å². The Kier molecular flexibility index (Phi) is 6.40. The highest BCUT2D eigenvalue weighted by Gasteiger charge is 2.25. The number of carbonyl (C=O) groups is 1. The van der Waals surface area contributed by atoms with Crippen molar-refractivity contribution in [2.75, 3.05) is 6.54 Å². The molecule has 0 fully saturated rings. The Morgan fingerprint density at radius 1 is 1.45 bits per heavy atom. The minimum Gasteiger partial charge on any atom is -0.330 e. The van der Waals surface area contributed by atoms with Crippen molar-refractivity contribution >= 4 is 21.7 Å². The molecular weight excluding hydrogens is 318 g/mol. The molecular formula is C15H26BrN3O. The molecule has 5 heteroatoms. The zero-order chi connectivity index (χ0) is 15.3. The number of nitrogens with two attached hydrogens (primary N) is 1. The quantitative estimate of drug-likeness (QED) is 0.768. The molecule has 4 nitrogen and oxygen atoms in total. The number of carbonyl (C=O) groups excluding carboxylic acids is 1. The number of nitrogens with zero attached hydrogens (tertiary/aromatic N) is 2. The van der Waals surface area contributed by atoms with Gasteiger partial charge in [0.05, 0.1) is 10.7 Å². The van der Waals surface area contributed by atoms with Crippen LogP contribution in [0.2, 0.25) is 0 Å². The van der Waals surface area contributed by atoms with Gasteiger partial charge in [0.1, 0.15) is 5.69 Å². The van der Waals surface area contributed by atoms with Crippen LogP contribution in [0.5, 0.6) is 0 Å². The smallest absolute Gasteiger partial charge is 0.182 e. The lowest BCUT2D eigenvalue weighted by Crippen LogP contribution is -2.24. The molecule has 0 saturated carbocycles. The average Bonchev–Trinajstić information content (AvgIpc) is 2.73. The summed E-state index contributed by atoms with van der Waals surface area (Å²) >= 11 is 3.41. The van der Waals surface area contributed by atoms with E-state index in [4.69, 9.17) is 5.73 Å². The predicted molar refractivity (Wildman–Crippen MR) is 85.8 cm³/mol. The molecule has 0 aliphatic heterocycles.